The average Bonchev–Trinajstić information content (AvgIpc) is 2.98. The lowest BCUT2D eigenvalue weighted by molar-refractivity contribution is -0.361. The first-order valence-electron chi connectivity index (χ1n) is 8.29. The van der Waals surface area contributed by atoms with E-state index in [0.717, 1.165) is 12.3 Å². The summed E-state index contributed by atoms with van der Waals surface area (Å²) in [5, 5.41) is 29.1. The minimum absolute atomic E-state index is 0. The lowest BCUT2D eigenvalue weighted by Crippen LogP contribution is -2.46. The minimum Gasteiger partial charge on any atom is -0.855 e. The number of carbonyl (C=O) groups excluding carboxylic acids is 2. The van der Waals surface area contributed by atoms with E-state index in [1.165, 1.54) is 25.7 Å². The number of amides is 1. The lowest BCUT2D eigenvalue weighted by atomic mass is 9.89. The van der Waals surface area contributed by atoms with Gasteiger partial charge < -0.3 is 31.2 Å². The maximum Gasteiger partial charge on any atom is 0.328 e. The van der Waals surface area contributed by atoms with Crippen LogP contribution in [0, 0.1) is 5.92 Å². The van der Waals surface area contributed by atoms with Gasteiger partial charge in [0.05, 0.1) is 12.5 Å². The fourth-order valence-electron chi connectivity index (χ4n) is 2.55. The van der Waals surface area contributed by atoms with Crippen LogP contribution in [0.25, 0.3) is 0 Å². The molecule has 1 saturated carbocycles. The van der Waals surface area contributed by atoms with Gasteiger partial charge in [-0.15, -0.1) is 6.61 Å². The van der Waals surface area contributed by atoms with Crippen molar-refractivity contribution in [2.75, 3.05) is 13.2 Å². The SMILES string of the molecule is CC(C)(CC1CCCC1)NC(=O)CN.CC[O-].O=C([O-])/C=C/C(=O)O. The monoisotopic (exact) mass is 358 g/mol. The standard InChI is InChI=1S/C11H22N2O.C4H4O4.C2H5O/c1-11(2,13-10(14)8-12)7-9-5-3-4-6-9;5-3(6)1-2-4(7)8;1-2-3/h9H,3-8,12H2,1-2H3,(H,13,14);1-2H,(H,5,6)(H,7,8);2H2,1H3/q;;-1/p-1/b;2-1+;. The predicted octanol–water partition coefficient (Wildman–Crippen LogP) is -0.836. The molecular formula is C17H30N2O6-2. The molecule has 0 radical (unpaired) electrons. The molecule has 0 bridgehead atoms. The highest BCUT2D eigenvalue weighted by atomic mass is 16.4. The first-order valence-corrected chi connectivity index (χ1v) is 8.29. The van der Waals surface area contributed by atoms with Crippen LogP contribution in [0.3, 0.4) is 0 Å². The van der Waals surface area contributed by atoms with Crippen molar-refractivity contribution >= 4 is 17.8 Å². The molecule has 0 atom stereocenters. The van der Waals surface area contributed by atoms with E-state index < -0.39 is 11.9 Å². The summed E-state index contributed by atoms with van der Waals surface area (Å²) in [4.78, 5) is 30.1. The largest absolute Gasteiger partial charge is 0.855 e. The van der Waals surface area contributed by atoms with Crippen LogP contribution in [0.1, 0.15) is 52.9 Å². The second-order valence-corrected chi connectivity index (χ2v) is 6.27. The van der Waals surface area contributed by atoms with Gasteiger partial charge in [0, 0.05) is 11.6 Å². The van der Waals surface area contributed by atoms with Crippen LogP contribution in [0.15, 0.2) is 12.2 Å². The van der Waals surface area contributed by atoms with Gasteiger partial charge in [-0.1, -0.05) is 32.6 Å². The fourth-order valence-corrected chi connectivity index (χ4v) is 2.55. The van der Waals surface area contributed by atoms with Crippen molar-refractivity contribution in [3.8, 4) is 0 Å². The van der Waals surface area contributed by atoms with Crippen molar-refractivity contribution in [3.63, 3.8) is 0 Å². The smallest absolute Gasteiger partial charge is 0.328 e. The van der Waals surface area contributed by atoms with Crippen molar-refractivity contribution in [2.45, 2.75) is 58.4 Å². The van der Waals surface area contributed by atoms with E-state index in [4.69, 9.17) is 15.9 Å². The van der Waals surface area contributed by atoms with Gasteiger partial charge in [-0.05, 0) is 32.3 Å². The zero-order valence-electron chi connectivity index (χ0n) is 15.2. The Balaban J connectivity index is 0. The summed E-state index contributed by atoms with van der Waals surface area (Å²) in [7, 11) is 0. The molecule has 1 fully saturated rings. The molecule has 4 N–H and O–H groups in total. The fraction of sp³-hybridized carbons (Fsp3) is 0.706. The molecule has 1 aliphatic rings. The van der Waals surface area contributed by atoms with Crippen LogP contribution in [-0.4, -0.2) is 41.6 Å². The molecule has 146 valence electrons. The lowest BCUT2D eigenvalue weighted by Gasteiger charge is -2.29. The van der Waals surface area contributed by atoms with E-state index >= 15 is 0 Å². The molecule has 0 aromatic rings. The Bertz CT molecular complexity index is 413. The second kappa shape index (κ2) is 14.4. The normalized spacial score (nSPS) is 14.1. The molecule has 0 saturated heterocycles. The summed E-state index contributed by atoms with van der Waals surface area (Å²) >= 11 is 0. The first kappa shape index (κ1) is 25.3. The second-order valence-electron chi connectivity index (χ2n) is 6.27. The van der Waals surface area contributed by atoms with Crippen molar-refractivity contribution in [3.05, 3.63) is 12.2 Å². The minimum atomic E-state index is -1.51. The van der Waals surface area contributed by atoms with Crippen LogP contribution >= 0.6 is 0 Å². The highest BCUT2D eigenvalue weighted by Gasteiger charge is 2.26. The van der Waals surface area contributed by atoms with Gasteiger partial charge in [-0.25, -0.2) is 4.79 Å². The summed E-state index contributed by atoms with van der Waals surface area (Å²) in [6, 6.07) is 0. The van der Waals surface area contributed by atoms with Gasteiger partial charge >= 0.3 is 5.97 Å². The van der Waals surface area contributed by atoms with E-state index in [9.17, 15) is 19.5 Å². The molecule has 0 spiro atoms. The Morgan fingerprint density at radius 1 is 1.24 bits per heavy atom. The van der Waals surface area contributed by atoms with Gasteiger partial charge in [0.2, 0.25) is 5.91 Å². The molecule has 1 aliphatic carbocycles. The summed E-state index contributed by atoms with van der Waals surface area (Å²) in [5.74, 6) is -2.06. The molecule has 0 aliphatic heterocycles. The Morgan fingerprint density at radius 3 is 2.04 bits per heavy atom. The van der Waals surface area contributed by atoms with Crippen molar-refractivity contribution in [2.24, 2.45) is 11.7 Å². The quantitative estimate of drug-likeness (QED) is 0.523. The van der Waals surface area contributed by atoms with E-state index in [1.54, 1.807) is 6.92 Å². The third-order valence-electron chi connectivity index (χ3n) is 3.30. The summed E-state index contributed by atoms with van der Waals surface area (Å²) in [5.41, 5.74) is 5.18. The molecule has 0 aromatic carbocycles. The number of carbonyl (C=O) groups is 3. The third-order valence-corrected chi connectivity index (χ3v) is 3.30. The number of nitrogens with two attached hydrogens (primary N) is 1. The maximum absolute atomic E-state index is 11.2. The summed E-state index contributed by atoms with van der Waals surface area (Å²) in [6.07, 6.45) is 7.37. The number of carboxylic acid groups (broad SMARTS) is 2. The van der Waals surface area contributed by atoms with Crippen molar-refractivity contribution < 1.29 is 29.7 Å². The average molecular weight is 358 g/mol. The van der Waals surface area contributed by atoms with Crippen molar-refractivity contribution in [1.82, 2.24) is 5.32 Å². The zero-order chi connectivity index (χ0) is 19.9. The molecular weight excluding hydrogens is 328 g/mol. The molecule has 0 unspecified atom stereocenters. The zero-order valence-corrected chi connectivity index (χ0v) is 15.2. The number of nitrogens with one attached hydrogen (secondary N) is 1. The molecule has 1 rings (SSSR count). The van der Waals surface area contributed by atoms with Crippen LogP contribution in [-0.2, 0) is 14.4 Å². The van der Waals surface area contributed by atoms with Gasteiger partial charge in [0.25, 0.3) is 0 Å². The predicted molar refractivity (Wildman–Crippen MR) is 90.2 cm³/mol. The van der Waals surface area contributed by atoms with Crippen LogP contribution in [0.5, 0.6) is 0 Å². The Morgan fingerprint density at radius 2 is 1.72 bits per heavy atom. The molecule has 0 heterocycles. The van der Waals surface area contributed by atoms with Gasteiger partial charge in [0.1, 0.15) is 0 Å². The highest BCUT2D eigenvalue weighted by Crippen LogP contribution is 2.31. The molecule has 0 aromatic heterocycles. The number of carboxylic acids is 2. The first-order chi connectivity index (χ1) is 11.6. The van der Waals surface area contributed by atoms with E-state index in [2.05, 4.69) is 19.2 Å². The van der Waals surface area contributed by atoms with E-state index in [0.29, 0.717) is 12.2 Å². The Kier molecular flexibility index (Phi) is 14.6. The van der Waals surface area contributed by atoms with Crippen LogP contribution in [0.4, 0.5) is 0 Å². The molecule has 1 amide bonds. The Labute approximate surface area is 149 Å². The van der Waals surface area contributed by atoms with Crippen LogP contribution < -0.4 is 21.3 Å². The number of rotatable bonds is 6. The van der Waals surface area contributed by atoms with Gasteiger partial charge in [-0.3, -0.25) is 4.79 Å². The molecule has 8 nitrogen and oxygen atoms in total. The third kappa shape index (κ3) is 18.3. The maximum atomic E-state index is 11.2. The number of hydrogen-bond donors (Lipinski definition) is 3. The van der Waals surface area contributed by atoms with Gasteiger partial charge in [-0.2, -0.15) is 0 Å². The number of aliphatic carboxylic acids is 2. The topological polar surface area (TPSA) is 156 Å². The Hall–Kier alpha value is -1.93. The van der Waals surface area contributed by atoms with Gasteiger partial charge in [0.15, 0.2) is 0 Å². The summed E-state index contributed by atoms with van der Waals surface area (Å²) in [6.45, 7) is 5.83. The molecule has 8 heteroatoms. The van der Waals surface area contributed by atoms with E-state index in [-0.39, 0.29) is 24.6 Å². The number of hydrogen-bond acceptors (Lipinski definition) is 6. The van der Waals surface area contributed by atoms with Crippen LogP contribution in [0.2, 0.25) is 0 Å². The van der Waals surface area contributed by atoms with Crippen molar-refractivity contribution in [1.29, 1.82) is 0 Å². The summed E-state index contributed by atoms with van der Waals surface area (Å²) < 4.78 is 0. The highest BCUT2D eigenvalue weighted by molar-refractivity contribution is 5.88. The molecule has 25 heavy (non-hydrogen) atoms. The van der Waals surface area contributed by atoms with E-state index in [1.807, 2.05) is 0 Å².